The Morgan fingerprint density at radius 3 is 2.40 bits per heavy atom. The Morgan fingerprint density at radius 1 is 1.08 bits per heavy atom. The third kappa shape index (κ3) is 3.16. The van der Waals surface area contributed by atoms with Crippen molar-refractivity contribution in [2.24, 2.45) is 5.41 Å². The van der Waals surface area contributed by atoms with Crippen molar-refractivity contribution in [1.82, 2.24) is 0 Å². The van der Waals surface area contributed by atoms with E-state index in [9.17, 15) is 9.59 Å². The molecule has 130 valence electrons. The largest absolute Gasteiger partial charge is 0.489 e. The summed E-state index contributed by atoms with van der Waals surface area (Å²) in [6.07, 6.45) is 0.506. The molecule has 1 atom stereocenters. The molecule has 0 aliphatic carbocycles. The lowest BCUT2D eigenvalue weighted by Crippen LogP contribution is -2.38. The normalized spacial score (nSPS) is 20.2. The maximum absolute atomic E-state index is 13.1. The molecule has 0 bridgehead atoms. The predicted molar refractivity (Wildman–Crippen MR) is 98.1 cm³/mol. The Labute approximate surface area is 148 Å². The van der Waals surface area contributed by atoms with Crippen LogP contribution in [0.25, 0.3) is 0 Å². The Bertz CT molecular complexity index is 785. The number of para-hydroxylation sites is 2. The van der Waals surface area contributed by atoms with Crippen LogP contribution >= 0.6 is 0 Å². The van der Waals surface area contributed by atoms with E-state index >= 15 is 0 Å². The van der Waals surface area contributed by atoms with E-state index < -0.39 is 5.41 Å². The van der Waals surface area contributed by atoms with Gasteiger partial charge < -0.3 is 9.64 Å². The molecule has 0 aromatic heterocycles. The van der Waals surface area contributed by atoms with E-state index in [1.807, 2.05) is 56.3 Å². The van der Waals surface area contributed by atoms with Gasteiger partial charge in [0, 0.05) is 12.1 Å². The third-order valence-electron chi connectivity index (χ3n) is 4.61. The van der Waals surface area contributed by atoms with Gasteiger partial charge in [-0.3, -0.25) is 9.59 Å². The summed E-state index contributed by atoms with van der Waals surface area (Å²) in [5.41, 5.74) is 0.268. The van der Waals surface area contributed by atoms with Gasteiger partial charge in [-0.25, -0.2) is 0 Å². The van der Waals surface area contributed by atoms with Crippen molar-refractivity contribution >= 4 is 17.4 Å². The van der Waals surface area contributed by atoms with Gasteiger partial charge in [0.2, 0.25) is 5.91 Å². The molecule has 2 aromatic rings. The quantitative estimate of drug-likeness (QED) is 0.609. The summed E-state index contributed by atoms with van der Waals surface area (Å²) in [6, 6.07) is 16.5. The van der Waals surface area contributed by atoms with Crippen LogP contribution in [0.4, 0.5) is 5.69 Å². The highest BCUT2D eigenvalue weighted by atomic mass is 16.5. The van der Waals surface area contributed by atoms with Crippen LogP contribution in [0.1, 0.15) is 37.6 Å². The monoisotopic (exact) mass is 337 g/mol. The van der Waals surface area contributed by atoms with E-state index in [1.54, 1.807) is 24.0 Å². The average molecular weight is 337 g/mol. The number of carbonyl (C=O) groups is 2. The third-order valence-corrected chi connectivity index (χ3v) is 4.61. The lowest BCUT2D eigenvalue weighted by atomic mass is 9.81. The molecule has 0 radical (unpaired) electrons. The van der Waals surface area contributed by atoms with Crippen LogP contribution < -0.4 is 9.64 Å². The standard InChI is InChI=1S/C21H23NO3/c1-15(2)25-18-12-8-7-11-17(18)22-14-13-21(3,20(22)24)19(23)16-9-5-4-6-10-16/h4-12,15H,13-14H2,1-3H3. The maximum Gasteiger partial charge on any atom is 0.240 e. The van der Waals surface area contributed by atoms with Crippen LogP contribution in [0.5, 0.6) is 5.75 Å². The molecule has 1 aliphatic heterocycles. The van der Waals surface area contributed by atoms with Gasteiger partial charge in [0.15, 0.2) is 5.78 Å². The van der Waals surface area contributed by atoms with E-state index in [4.69, 9.17) is 4.74 Å². The lowest BCUT2D eigenvalue weighted by Gasteiger charge is -2.24. The zero-order valence-electron chi connectivity index (χ0n) is 14.9. The molecule has 0 N–H and O–H groups in total. The van der Waals surface area contributed by atoms with Crippen LogP contribution in [0.2, 0.25) is 0 Å². The van der Waals surface area contributed by atoms with Crippen molar-refractivity contribution < 1.29 is 14.3 Å². The van der Waals surface area contributed by atoms with Crippen LogP contribution in [-0.2, 0) is 4.79 Å². The highest BCUT2D eigenvalue weighted by Crippen LogP contribution is 2.40. The van der Waals surface area contributed by atoms with Crippen molar-refractivity contribution in [2.75, 3.05) is 11.4 Å². The number of hydrogen-bond acceptors (Lipinski definition) is 3. The lowest BCUT2D eigenvalue weighted by molar-refractivity contribution is -0.122. The van der Waals surface area contributed by atoms with E-state index in [1.165, 1.54) is 0 Å². The van der Waals surface area contributed by atoms with E-state index in [2.05, 4.69) is 0 Å². The van der Waals surface area contributed by atoms with Crippen molar-refractivity contribution in [3.63, 3.8) is 0 Å². The SMILES string of the molecule is CC(C)Oc1ccccc1N1CCC(C)(C(=O)c2ccccc2)C1=O. The van der Waals surface area contributed by atoms with Crippen molar-refractivity contribution in [2.45, 2.75) is 33.3 Å². The summed E-state index contributed by atoms with van der Waals surface area (Å²) in [6.45, 7) is 6.15. The minimum absolute atomic E-state index is 0.0104. The molecule has 0 spiro atoms. The zero-order chi connectivity index (χ0) is 18.0. The molecule has 1 unspecified atom stereocenters. The Balaban J connectivity index is 1.91. The zero-order valence-corrected chi connectivity index (χ0v) is 14.9. The molecule has 2 aromatic carbocycles. The van der Waals surface area contributed by atoms with E-state index in [-0.39, 0.29) is 17.8 Å². The van der Waals surface area contributed by atoms with Crippen molar-refractivity contribution in [3.05, 3.63) is 60.2 Å². The second-order valence-corrected chi connectivity index (χ2v) is 6.87. The fourth-order valence-electron chi connectivity index (χ4n) is 3.22. The Kier molecular flexibility index (Phi) is 4.62. The molecule has 1 heterocycles. The van der Waals surface area contributed by atoms with Gasteiger partial charge >= 0.3 is 0 Å². The number of benzene rings is 2. The van der Waals surface area contributed by atoms with Gasteiger partial charge in [-0.2, -0.15) is 0 Å². The first kappa shape index (κ1) is 17.2. The maximum atomic E-state index is 13.1. The topological polar surface area (TPSA) is 46.6 Å². The Hall–Kier alpha value is -2.62. The first-order valence-corrected chi connectivity index (χ1v) is 8.61. The van der Waals surface area contributed by atoms with Crippen LogP contribution in [0.3, 0.4) is 0 Å². The molecule has 4 nitrogen and oxygen atoms in total. The smallest absolute Gasteiger partial charge is 0.240 e. The minimum atomic E-state index is -1.04. The molecule has 1 aliphatic rings. The molecular formula is C21H23NO3. The van der Waals surface area contributed by atoms with Gasteiger partial charge in [-0.1, -0.05) is 42.5 Å². The Morgan fingerprint density at radius 2 is 1.72 bits per heavy atom. The second-order valence-electron chi connectivity index (χ2n) is 6.87. The number of rotatable bonds is 5. The summed E-state index contributed by atoms with van der Waals surface area (Å²) in [4.78, 5) is 27.7. The second kappa shape index (κ2) is 6.71. The van der Waals surface area contributed by atoms with Crippen molar-refractivity contribution in [3.8, 4) is 5.75 Å². The van der Waals surface area contributed by atoms with E-state index in [0.29, 0.717) is 24.3 Å². The highest BCUT2D eigenvalue weighted by Gasteiger charge is 2.49. The van der Waals surface area contributed by atoms with Gasteiger partial charge in [-0.05, 0) is 39.3 Å². The summed E-state index contributed by atoms with van der Waals surface area (Å²) < 4.78 is 5.84. The number of hydrogen-bond donors (Lipinski definition) is 0. The minimum Gasteiger partial charge on any atom is -0.489 e. The molecule has 1 fully saturated rings. The molecular weight excluding hydrogens is 314 g/mol. The molecule has 25 heavy (non-hydrogen) atoms. The summed E-state index contributed by atoms with van der Waals surface area (Å²) in [5.74, 6) is 0.381. The van der Waals surface area contributed by atoms with Crippen LogP contribution in [-0.4, -0.2) is 24.3 Å². The number of nitrogens with zero attached hydrogens (tertiary/aromatic N) is 1. The summed E-state index contributed by atoms with van der Waals surface area (Å²) in [7, 11) is 0. The summed E-state index contributed by atoms with van der Waals surface area (Å²) in [5, 5.41) is 0. The number of Topliss-reactive ketones (excluding diaryl/α,β-unsaturated/α-hetero) is 1. The molecule has 3 rings (SSSR count). The number of ketones is 1. The van der Waals surface area contributed by atoms with Gasteiger partial charge in [0.1, 0.15) is 11.2 Å². The van der Waals surface area contributed by atoms with Gasteiger partial charge in [0.25, 0.3) is 0 Å². The van der Waals surface area contributed by atoms with Gasteiger partial charge in [-0.15, -0.1) is 0 Å². The highest BCUT2D eigenvalue weighted by molar-refractivity contribution is 6.19. The molecule has 0 saturated carbocycles. The number of amides is 1. The number of anilines is 1. The first-order chi connectivity index (χ1) is 11.9. The molecule has 4 heteroatoms. The van der Waals surface area contributed by atoms with E-state index in [0.717, 1.165) is 5.69 Å². The van der Waals surface area contributed by atoms with Crippen LogP contribution in [0, 0.1) is 5.41 Å². The van der Waals surface area contributed by atoms with Gasteiger partial charge in [0.05, 0.1) is 11.8 Å². The molecule has 1 amide bonds. The first-order valence-electron chi connectivity index (χ1n) is 8.61. The number of ether oxygens (including phenoxy) is 1. The van der Waals surface area contributed by atoms with Crippen LogP contribution in [0.15, 0.2) is 54.6 Å². The molecule has 1 saturated heterocycles. The fourth-order valence-corrected chi connectivity index (χ4v) is 3.22. The predicted octanol–water partition coefficient (Wildman–Crippen LogP) is 4.10. The summed E-state index contributed by atoms with van der Waals surface area (Å²) >= 11 is 0. The number of carbonyl (C=O) groups excluding carboxylic acids is 2. The van der Waals surface area contributed by atoms with Crippen molar-refractivity contribution in [1.29, 1.82) is 0 Å². The fraction of sp³-hybridized carbons (Fsp3) is 0.333. The average Bonchev–Trinajstić information content (AvgIpc) is 2.91.